The second-order valence-corrected chi connectivity index (χ2v) is 6.10. The molecule has 1 atom stereocenters. The van der Waals surface area contributed by atoms with Gasteiger partial charge in [-0.3, -0.25) is 9.59 Å². The average molecular weight is 328 g/mol. The largest absolute Gasteiger partial charge is 0.497 e. The Bertz CT molecular complexity index is 742. The van der Waals surface area contributed by atoms with E-state index in [1.54, 1.807) is 19.3 Å². The highest BCUT2D eigenvalue weighted by Crippen LogP contribution is 2.23. The zero-order chi connectivity index (χ0) is 16.2. The molecule has 1 aromatic heterocycles. The van der Waals surface area contributed by atoms with Crippen molar-refractivity contribution in [3.63, 3.8) is 0 Å². The molecule has 1 aliphatic carbocycles. The average Bonchev–Trinajstić information content (AvgIpc) is 3.09. The zero-order valence-electron chi connectivity index (χ0n) is 12.6. The Balaban J connectivity index is 1.59. The van der Waals surface area contributed by atoms with Gasteiger partial charge in [-0.15, -0.1) is 11.3 Å². The Morgan fingerprint density at radius 3 is 3.09 bits per heavy atom. The number of thiophene rings is 1. The first kappa shape index (κ1) is 15.4. The van der Waals surface area contributed by atoms with Crippen molar-refractivity contribution in [3.8, 4) is 0 Å². The van der Waals surface area contributed by atoms with Crippen molar-refractivity contribution >= 4 is 28.9 Å². The van der Waals surface area contributed by atoms with Crippen molar-refractivity contribution < 1.29 is 14.3 Å². The summed E-state index contributed by atoms with van der Waals surface area (Å²) in [6, 6.07) is 3.61. The quantitative estimate of drug-likeness (QED) is 0.903. The van der Waals surface area contributed by atoms with Crippen LogP contribution < -0.4 is 5.32 Å². The molecule has 2 aliphatic rings. The number of rotatable bonds is 5. The monoisotopic (exact) mass is 328 g/mol. The number of amides is 2. The number of nitrogens with one attached hydrogen (secondary N) is 1. The molecule has 1 unspecified atom stereocenters. The Morgan fingerprint density at radius 1 is 1.48 bits per heavy atom. The summed E-state index contributed by atoms with van der Waals surface area (Å²) in [5, 5.41) is 4.68. The number of allylic oxidation sites excluding steroid dienone is 4. The van der Waals surface area contributed by atoms with E-state index < -0.39 is 0 Å². The van der Waals surface area contributed by atoms with E-state index in [1.165, 1.54) is 11.3 Å². The lowest BCUT2D eigenvalue weighted by Crippen LogP contribution is -2.26. The Kier molecular flexibility index (Phi) is 4.52. The fourth-order valence-electron chi connectivity index (χ4n) is 2.43. The second-order valence-electron chi connectivity index (χ2n) is 5.15. The number of nitrogens with zero attached hydrogens (tertiary/aromatic N) is 1. The predicted octanol–water partition coefficient (Wildman–Crippen LogP) is 2.49. The van der Waals surface area contributed by atoms with Crippen LogP contribution in [0.15, 0.2) is 58.1 Å². The van der Waals surface area contributed by atoms with Crippen LogP contribution in [-0.4, -0.2) is 31.2 Å². The van der Waals surface area contributed by atoms with Crippen LogP contribution in [0.5, 0.6) is 0 Å². The molecule has 1 aliphatic heterocycles. The first-order valence-electron chi connectivity index (χ1n) is 7.26. The van der Waals surface area contributed by atoms with Crippen molar-refractivity contribution in [3.05, 3.63) is 58.0 Å². The van der Waals surface area contributed by atoms with Crippen LogP contribution in [0.1, 0.15) is 16.1 Å². The molecule has 0 spiro atoms. The number of carbonyl (C=O) groups is 2. The Morgan fingerprint density at radius 2 is 2.35 bits per heavy atom. The summed E-state index contributed by atoms with van der Waals surface area (Å²) in [5.41, 5.74) is 1.32. The summed E-state index contributed by atoms with van der Waals surface area (Å²) in [4.78, 5) is 28.7. The molecule has 0 fully saturated rings. The van der Waals surface area contributed by atoms with E-state index in [1.807, 2.05) is 29.7 Å². The molecule has 3 rings (SSSR count). The summed E-state index contributed by atoms with van der Waals surface area (Å²) in [6.45, 7) is 0.411. The van der Waals surface area contributed by atoms with Gasteiger partial charge >= 0.3 is 0 Å². The van der Waals surface area contributed by atoms with Crippen molar-refractivity contribution in [2.75, 3.05) is 13.7 Å². The summed E-state index contributed by atoms with van der Waals surface area (Å²) in [7, 11) is 1.58. The number of hydrogen-bond acceptors (Lipinski definition) is 4. The third-order valence-corrected chi connectivity index (χ3v) is 4.51. The Hall–Kier alpha value is -2.47. The van der Waals surface area contributed by atoms with Gasteiger partial charge in [0, 0.05) is 24.1 Å². The van der Waals surface area contributed by atoms with E-state index in [2.05, 4.69) is 10.3 Å². The lowest BCUT2D eigenvalue weighted by molar-refractivity contribution is -0.114. The molecule has 2 amide bonds. The molecule has 1 aromatic rings. The van der Waals surface area contributed by atoms with Gasteiger partial charge < -0.3 is 10.1 Å². The van der Waals surface area contributed by atoms with Gasteiger partial charge in [0.2, 0.25) is 0 Å². The molecule has 6 heteroatoms. The van der Waals surface area contributed by atoms with Crippen molar-refractivity contribution in [1.82, 2.24) is 5.32 Å². The molecule has 5 nitrogen and oxygen atoms in total. The van der Waals surface area contributed by atoms with Crippen LogP contribution in [0, 0.1) is 5.92 Å². The minimum absolute atomic E-state index is 0.00500. The molecule has 1 N–H and O–H groups in total. The normalized spacial score (nSPS) is 19.4. The smallest absolute Gasteiger partial charge is 0.272 e. The van der Waals surface area contributed by atoms with Gasteiger partial charge in [0.05, 0.1) is 17.7 Å². The van der Waals surface area contributed by atoms with Crippen LogP contribution in [0.4, 0.5) is 0 Å². The van der Waals surface area contributed by atoms with Crippen LogP contribution >= 0.6 is 11.3 Å². The lowest BCUT2D eigenvalue weighted by atomic mass is 9.91. The van der Waals surface area contributed by atoms with E-state index in [0.717, 1.165) is 0 Å². The highest BCUT2D eigenvalue weighted by Gasteiger charge is 2.23. The highest BCUT2D eigenvalue weighted by atomic mass is 32.1. The van der Waals surface area contributed by atoms with Gasteiger partial charge in [-0.2, -0.15) is 0 Å². The lowest BCUT2D eigenvalue weighted by Gasteiger charge is -2.20. The SMILES string of the molecule is COC1=CC2=NC(=O)C(CCNC(=O)c3cccs3)=CC2C=C1. The number of aliphatic imine (C=N–C) groups is 1. The maximum atomic E-state index is 12.1. The summed E-state index contributed by atoms with van der Waals surface area (Å²) < 4.78 is 5.14. The maximum absolute atomic E-state index is 12.1. The van der Waals surface area contributed by atoms with Crippen molar-refractivity contribution in [2.45, 2.75) is 6.42 Å². The number of fused-ring (bicyclic) bond motifs is 1. The molecule has 23 heavy (non-hydrogen) atoms. The summed E-state index contributed by atoms with van der Waals surface area (Å²) in [6.07, 6.45) is 7.97. The number of hydrogen-bond donors (Lipinski definition) is 1. The molecule has 0 aromatic carbocycles. The number of carbonyl (C=O) groups excluding carboxylic acids is 2. The van der Waals surface area contributed by atoms with Crippen molar-refractivity contribution in [2.24, 2.45) is 10.9 Å². The first-order valence-corrected chi connectivity index (χ1v) is 8.14. The standard InChI is InChI=1S/C17H16N2O3S/c1-22-13-5-4-11-9-12(16(20)19-14(11)10-13)6-7-18-17(21)15-3-2-8-23-15/h2-5,8-11H,6-7H2,1H3,(H,18,21). The predicted molar refractivity (Wildman–Crippen MR) is 89.5 cm³/mol. The Labute approximate surface area is 138 Å². The van der Waals surface area contributed by atoms with E-state index in [-0.39, 0.29) is 17.7 Å². The van der Waals surface area contributed by atoms with E-state index in [4.69, 9.17) is 4.74 Å². The molecule has 0 saturated heterocycles. The van der Waals surface area contributed by atoms with Gasteiger partial charge in [0.15, 0.2) is 0 Å². The first-order chi connectivity index (χ1) is 11.2. The van der Waals surface area contributed by atoms with E-state index >= 15 is 0 Å². The fraction of sp³-hybridized carbons (Fsp3) is 0.235. The van der Waals surface area contributed by atoms with Gasteiger partial charge in [-0.25, -0.2) is 4.99 Å². The summed E-state index contributed by atoms with van der Waals surface area (Å²) in [5.74, 6) is 0.323. The number of dihydropyridines is 1. The maximum Gasteiger partial charge on any atom is 0.272 e. The summed E-state index contributed by atoms with van der Waals surface area (Å²) >= 11 is 1.39. The van der Waals surface area contributed by atoms with E-state index in [9.17, 15) is 9.59 Å². The fourth-order valence-corrected chi connectivity index (χ4v) is 3.07. The van der Waals surface area contributed by atoms with E-state index in [0.29, 0.717) is 34.9 Å². The van der Waals surface area contributed by atoms with Crippen LogP contribution in [0.25, 0.3) is 0 Å². The molecular formula is C17H16N2O3S. The van der Waals surface area contributed by atoms with Gasteiger partial charge in [-0.1, -0.05) is 18.2 Å². The third-order valence-electron chi connectivity index (χ3n) is 3.65. The van der Waals surface area contributed by atoms with Gasteiger partial charge in [0.25, 0.3) is 11.8 Å². The molecular weight excluding hydrogens is 312 g/mol. The van der Waals surface area contributed by atoms with Gasteiger partial charge in [-0.05, 0) is 23.9 Å². The van der Waals surface area contributed by atoms with Crippen LogP contribution in [-0.2, 0) is 9.53 Å². The molecule has 0 saturated carbocycles. The minimum Gasteiger partial charge on any atom is -0.497 e. The van der Waals surface area contributed by atoms with Crippen LogP contribution in [0.2, 0.25) is 0 Å². The molecule has 118 valence electrons. The molecule has 0 bridgehead atoms. The zero-order valence-corrected chi connectivity index (χ0v) is 13.4. The highest BCUT2D eigenvalue weighted by molar-refractivity contribution is 7.12. The number of ether oxygens (including phenoxy) is 1. The van der Waals surface area contributed by atoms with Crippen molar-refractivity contribution in [1.29, 1.82) is 0 Å². The second kappa shape index (κ2) is 6.75. The van der Waals surface area contributed by atoms with Gasteiger partial charge in [0.1, 0.15) is 5.76 Å². The third kappa shape index (κ3) is 3.48. The molecule has 0 radical (unpaired) electrons. The minimum atomic E-state index is -0.247. The topological polar surface area (TPSA) is 67.8 Å². The number of methoxy groups -OCH3 is 1. The van der Waals surface area contributed by atoms with Crippen LogP contribution in [0.3, 0.4) is 0 Å². The molecule has 2 heterocycles.